The van der Waals surface area contributed by atoms with Crippen molar-refractivity contribution in [2.45, 2.75) is 206 Å². The molecule has 1 heteroatoms. The van der Waals surface area contributed by atoms with Gasteiger partial charge in [-0.05, 0) is 18.8 Å². The lowest BCUT2D eigenvalue weighted by Gasteiger charge is -2.13. The summed E-state index contributed by atoms with van der Waals surface area (Å²) in [4.78, 5) is 0. The topological polar surface area (TPSA) is 20.2 Å². The maximum atomic E-state index is 9.73. The first-order chi connectivity index (χ1) is 17.3. The van der Waals surface area contributed by atoms with E-state index in [1.165, 1.54) is 193 Å². The van der Waals surface area contributed by atoms with Gasteiger partial charge >= 0.3 is 0 Å². The molecule has 0 saturated heterocycles. The monoisotopic (exact) mass is 495 g/mol. The lowest BCUT2D eigenvalue weighted by Crippen LogP contribution is -2.06. The van der Waals surface area contributed by atoms with Crippen LogP contribution >= 0.6 is 0 Å². The number of unbranched alkanes of at least 4 members (excludes halogenated alkanes) is 26. The first-order valence-electron chi connectivity index (χ1n) is 17.0. The third-order valence-corrected chi connectivity index (χ3v) is 8.19. The van der Waals surface area contributed by atoms with E-state index in [0.717, 1.165) is 0 Å². The van der Waals surface area contributed by atoms with Crippen LogP contribution in [0.15, 0.2) is 0 Å². The Morgan fingerprint density at radius 3 is 0.714 bits per heavy atom. The Morgan fingerprint density at radius 2 is 0.514 bits per heavy atom. The Labute approximate surface area is 224 Å². The fourth-order valence-corrected chi connectivity index (χ4v) is 5.58. The quantitative estimate of drug-likeness (QED) is 0.0950. The van der Waals surface area contributed by atoms with E-state index < -0.39 is 0 Å². The van der Waals surface area contributed by atoms with Gasteiger partial charge in [0.05, 0.1) is 0 Å². The summed E-state index contributed by atoms with van der Waals surface area (Å²) in [7, 11) is 0. The van der Waals surface area contributed by atoms with Gasteiger partial charge in [-0.2, -0.15) is 0 Å². The van der Waals surface area contributed by atoms with E-state index >= 15 is 0 Å². The second-order valence-electron chi connectivity index (χ2n) is 11.8. The van der Waals surface area contributed by atoms with Gasteiger partial charge in [0.1, 0.15) is 0 Å². The zero-order valence-corrected chi connectivity index (χ0v) is 24.9. The van der Waals surface area contributed by atoms with Crippen LogP contribution in [0.4, 0.5) is 0 Å². The van der Waals surface area contributed by atoms with Gasteiger partial charge in [-0.15, -0.1) is 0 Å². The molecule has 0 aliphatic carbocycles. The van der Waals surface area contributed by atoms with E-state index in [9.17, 15) is 5.11 Å². The molecule has 0 fully saturated rings. The van der Waals surface area contributed by atoms with Crippen molar-refractivity contribution in [3.8, 4) is 0 Å². The summed E-state index contributed by atoms with van der Waals surface area (Å²) in [5, 5.41) is 9.73. The average molecular weight is 495 g/mol. The van der Waals surface area contributed by atoms with Gasteiger partial charge in [0.2, 0.25) is 0 Å². The number of hydrogen-bond donors (Lipinski definition) is 1. The molecule has 0 aromatic rings. The predicted octanol–water partition coefficient (Wildman–Crippen LogP) is 12.3. The fraction of sp³-hybridized carbons (Fsp3) is 1.00. The molecule has 0 aromatic carbocycles. The molecule has 35 heavy (non-hydrogen) atoms. The summed E-state index contributed by atoms with van der Waals surface area (Å²) in [6.45, 7) is 5.01. The van der Waals surface area contributed by atoms with Crippen molar-refractivity contribution in [1.82, 2.24) is 0 Å². The number of rotatable bonds is 31. The van der Waals surface area contributed by atoms with Crippen molar-refractivity contribution in [3.63, 3.8) is 0 Å². The summed E-state index contributed by atoms with van der Waals surface area (Å²) in [6.07, 6.45) is 42.5. The highest BCUT2D eigenvalue weighted by Crippen LogP contribution is 2.20. The van der Waals surface area contributed by atoms with Gasteiger partial charge < -0.3 is 5.11 Å². The zero-order chi connectivity index (χ0) is 25.5. The first-order valence-corrected chi connectivity index (χ1v) is 17.0. The highest BCUT2D eigenvalue weighted by Gasteiger charge is 2.07. The molecule has 1 atom stereocenters. The molecule has 1 nitrogen and oxygen atoms in total. The SMILES string of the molecule is CCCCCCCCCCCCCCCCC[C@@H](CO)CCCCCCCCCCCCCCC. The molecule has 0 bridgehead atoms. The largest absolute Gasteiger partial charge is 0.396 e. The van der Waals surface area contributed by atoms with Crippen molar-refractivity contribution < 1.29 is 5.11 Å². The summed E-state index contributed by atoms with van der Waals surface area (Å²) in [5.74, 6) is 0.574. The minimum absolute atomic E-state index is 0.414. The Bertz CT molecular complexity index is 352. The van der Waals surface area contributed by atoms with Crippen molar-refractivity contribution in [2.24, 2.45) is 5.92 Å². The molecule has 212 valence electrons. The predicted molar refractivity (Wildman–Crippen MR) is 160 cm³/mol. The van der Waals surface area contributed by atoms with Crippen molar-refractivity contribution in [2.75, 3.05) is 6.61 Å². The molecule has 0 heterocycles. The molecule has 1 N–H and O–H groups in total. The van der Waals surface area contributed by atoms with Crippen LogP contribution in [0.2, 0.25) is 0 Å². The van der Waals surface area contributed by atoms with Crippen molar-refractivity contribution in [3.05, 3.63) is 0 Å². The lowest BCUT2D eigenvalue weighted by atomic mass is 9.94. The molecular weight excluding hydrogens is 424 g/mol. The van der Waals surface area contributed by atoms with Crippen LogP contribution in [0.3, 0.4) is 0 Å². The van der Waals surface area contributed by atoms with Gasteiger partial charge in [-0.25, -0.2) is 0 Å². The molecule has 0 aliphatic rings. The summed E-state index contributed by atoms with van der Waals surface area (Å²) in [6, 6.07) is 0. The Morgan fingerprint density at radius 1 is 0.314 bits per heavy atom. The lowest BCUT2D eigenvalue weighted by molar-refractivity contribution is 0.204. The maximum absolute atomic E-state index is 9.73. The Kier molecular flexibility index (Phi) is 32.0. The van der Waals surface area contributed by atoms with Gasteiger partial charge in [-0.1, -0.05) is 194 Å². The van der Waals surface area contributed by atoms with Crippen LogP contribution in [0.1, 0.15) is 206 Å². The standard InChI is InChI=1S/C34H70O/c1-3-5-7-9-11-13-15-17-18-20-22-24-26-28-30-32-34(33-35)31-29-27-25-23-21-19-16-14-12-10-8-6-4-2/h34-35H,3-33H2,1-2H3/t34-/m0/s1. The normalized spacial score (nSPS) is 12.4. The van der Waals surface area contributed by atoms with E-state index in [1.54, 1.807) is 0 Å². The molecule has 0 radical (unpaired) electrons. The molecule has 0 amide bonds. The van der Waals surface area contributed by atoms with Crippen LogP contribution in [-0.2, 0) is 0 Å². The Balaban J connectivity index is 3.25. The van der Waals surface area contributed by atoms with E-state index in [2.05, 4.69) is 13.8 Å². The smallest absolute Gasteiger partial charge is 0.0459 e. The molecule has 0 spiro atoms. The van der Waals surface area contributed by atoms with E-state index in [4.69, 9.17) is 0 Å². The molecule has 0 unspecified atom stereocenters. The zero-order valence-electron chi connectivity index (χ0n) is 24.9. The first kappa shape index (κ1) is 35.0. The second kappa shape index (κ2) is 32.0. The van der Waals surface area contributed by atoms with E-state index in [-0.39, 0.29) is 0 Å². The minimum atomic E-state index is 0.414. The van der Waals surface area contributed by atoms with Gasteiger partial charge in [-0.3, -0.25) is 0 Å². The molecular formula is C34H70O. The van der Waals surface area contributed by atoms with E-state index in [1.807, 2.05) is 0 Å². The third-order valence-electron chi connectivity index (χ3n) is 8.19. The van der Waals surface area contributed by atoms with Crippen LogP contribution in [0.5, 0.6) is 0 Å². The molecule has 0 aromatic heterocycles. The summed E-state index contributed by atoms with van der Waals surface area (Å²) < 4.78 is 0. The molecule has 0 aliphatic heterocycles. The number of aliphatic hydroxyl groups is 1. The van der Waals surface area contributed by atoms with Gasteiger partial charge in [0, 0.05) is 6.61 Å². The number of hydrogen-bond acceptors (Lipinski definition) is 1. The Hall–Kier alpha value is -0.0400. The van der Waals surface area contributed by atoms with Crippen molar-refractivity contribution >= 4 is 0 Å². The van der Waals surface area contributed by atoms with Crippen LogP contribution in [-0.4, -0.2) is 11.7 Å². The highest BCUT2D eigenvalue weighted by atomic mass is 16.3. The van der Waals surface area contributed by atoms with Crippen LogP contribution < -0.4 is 0 Å². The minimum Gasteiger partial charge on any atom is -0.396 e. The highest BCUT2D eigenvalue weighted by molar-refractivity contribution is 4.60. The maximum Gasteiger partial charge on any atom is 0.0459 e. The van der Waals surface area contributed by atoms with E-state index in [0.29, 0.717) is 12.5 Å². The molecule has 0 saturated carbocycles. The fourth-order valence-electron chi connectivity index (χ4n) is 5.58. The molecule has 0 rings (SSSR count). The third kappa shape index (κ3) is 30.1. The van der Waals surface area contributed by atoms with Gasteiger partial charge in [0.15, 0.2) is 0 Å². The van der Waals surface area contributed by atoms with Crippen molar-refractivity contribution in [1.29, 1.82) is 0 Å². The van der Waals surface area contributed by atoms with Crippen LogP contribution in [0.25, 0.3) is 0 Å². The summed E-state index contributed by atoms with van der Waals surface area (Å²) >= 11 is 0. The average Bonchev–Trinajstić information content (AvgIpc) is 2.87. The second-order valence-corrected chi connectivity index (χ2v) is 11.8. The van der Waals surface area contributed by atoms with Gasteiger partial charge in [0.25, 0.3) is 0 Å². The summed E-state index contributed by atoms with van der Waals surface area (Å²) in [5.41, 5.74) is 0. The number of aliphatic hydroxyl groups excluding tert-OH is 1. The van der Waals surface area contributed by atoms with Crippen LogP contribution in [0, 0.1) is 5.92 Å².